The maximum atomic E-state index is 6.49. The second-order valence-electron chi connectivity index (χ2n) is 5.63. The molecule has 1 atom stereocenters. The van der Waals surface area contributed by atoms with Crippen LogP contribution < -0.4 is 10.2 Å². The van der Waals surface area contributed by atoms with Crippen LogP contribution in [0.2, 0.25) is 5.02 Å². The first-order chi connectivity index (χ1) is 10.2. The minimum Gasteiger partial charge on any atom is -0.377 e. The van der Waals surface area contributed by atoms with E-state index >= 15 is 0 Å². The minimum atomic E-state index is 0.339. The summed E-state index contributed by atoms with van der Waals surface area (Å²) in [6.07, 6.45) is 3.81. The van der Waals surface area contributed by atoms with E-state index in [4.69, 9.17) is 16.3 Å². The summed E-state index contributed by atoms with van der Waals surface area (Å²) in [5.41, 5.74) is 2.39. The van der Waals surface area contributed by atoms with E-state index in [2.05, 4.69) is 42.3 Å². The molecule has 2 rings (SSSR count). The Balaban J connectivity index is 1.99. The molecule has 1 aromatic carbocycles. The highest BCUT2D eigenvalue weighted by atomic mass is 35.5. The average molecular weight is 311 g/mol. The van der Waals surface area contributed by atoms with Crippen molar-refractivity contribution >= 4 is 17.3 Å². The van der Waals surface area contributed by atoms with Crippen molar-refractivity contribution in [2.75, 3.05) is 31.1 Å². The third-order valence-corrected chi connectivity index (χ3v) is 4.19. The highest BCUT2D eigenvalue weighted by Crippen LogP contribution is 2.29. The van der Waals surface area contributed by atoms with Crippen molar-refractivity contribution < 1.29 is 4.74 Å². The first-order valence-corrected chi connectivity index (χ1v) is 8.48. The molecule has 0 spiro atoms. The van der Waals surface area contributed by atoms with Gasteiger partial charge in [0.1, 0.15) is 0 Å². The standard InChI is InChI=1S/C17H27ClN2O/c1-3-9-19-12-14-7-8-17(16(18)11-14)20-10-5-6-15(13-20)21-4-2/h7-8,11,15,19H,3-6,9-10,12-13H2,1-2H3. The second-order valence-corrected chi connectivity index (χ2v) is 6.04. The zero-order valence-corrected chi connectivity index (χ0v) is 14.0. The van der Waals surface area contributed by atoms with Gasteiger partial charge in [0.25, 0.3) is 0 Å². The normalized spacial score (nSPS) is 19.0. The maximum Gasteiger partial charge on any atom is 0.0750 e. The number of nitrogens with zero attached hydrogens (tertiary/aromatic N) is 1. The Hall–Kier alpha value is -0.770. The molecular formula is C17H27ClN2O. The molecule has 4 heteroatoms. The van der Waals surface area contributed by atoms with Crippen molar-refractivity contribution in [3.05, 3.63) is 28.8 Å². The molecule has 1 aliphatic rings. The summed E-state index contributed by atoms with van der Waals surface area (Å²) in [4.78, 5) is 2.36. The molecule has 0 bridgehead atoms. The second kappa shape index (κ2) is 8.62. The Labute approximate surface area is 133 Å². The third-order valence-electron chi connectivity index (χ3n) is 3.89. The van der Waals surface area contributed by atoms with Gasteiger partial charge in [-0.25, -0.2) is 0 Å². The summed E-state index contributed by atoms with van der Waals surface area (Å²) in [5, 5.41) is 4.26. The van der Waals surface area contributed by atoms with Crippen LogP contribution in [0.5, 0.6) is 0 Å². The Morgan fingerprint density at radius 2 is 2.24 bits per heavy atom. The fraction of sp³-hybridized carbons (Fsp3) is 0.647. The van der Waals surface area contributed by atoms with Crippen molar-refractivity contribution in [1.29, 1.82) is 0 Å². The summed E-state index contributed by atoms with van der Waals surface area (Å²) in [6.45, 7) is 8.96. The molecule has 0 saturated carbocycles. The predicted molar refractivity (Wildman–Crippen MR) is 90.3 cm³/mol. The minimum absolute atomic E-state index is 0.339. The molecule has 0 aromatic heterocycles. The molecule has 1 heterocycles. The van der Waals surface area contributed by atoms with Crippen molar-refractivity contribution in [1.82, 2.24) is 5.32 Å². The molecule has 1 unspecified atom stereocenters. The summed E-state index contributed by atoms with van der Waals surface area (Å²) < 4.78 is 5.77. The van der Waals surface area contributed by atoms with Gasteiger partial charge in [0.15, 0.2) is 0 Å². The molecule has 0 radical (unpaired) electrons. The van der Waals surface area contributed by atoms with Crippen LogP contribution in [0.4, 0.5) is 5.69 Å². The molecular weight excluding hydrogens is 284 g/mol. The summed E-state index contributed by atoms with van der Waals surface area (Å²) in [7, 11) is 0. The number of piperidine rings is 1. The monoisotopic (exact) mass is 310 g/mol. The largest absolute Gasteiger partial charge is 0.377 e. The molecule has 3 nitrogen and oxygen atoms in total. The zero-order valence-electron chi connectivity index (χ0n) is 13.2. The number of halogens is 1. The van der Waals surface area contributed by atoms with Gasteiger partial charge in [0.2, 0.25) is 0 Å². The van der Waals surface area contributed by atoms with Crippen LogP contribution in [0.15, 0.2) is 18.2 Å². The molecule has 118 valence electrons. The SMILES string of the molecule is CCCNCc1ccc(N2CCCC(OCC)C2)c(Cl)c1. The molecule has 21 heavy (non-hydrogen) atoms. The number of benzene rings is 1. The fourth-order valence-corrected chi connectivity index (χ4v) is 3.18. The van der Waals surface area contributed by atoms with Gasteiger partial charge in [0.05, 0.1) is 16.8 Å². The van der Waals surface area contributed by atoms with E-state index in [1.54, 1.807) is 0 Å². The predicted octanol–water partition coefficient (Wildman–Crippen LogP) is 3.84. The van der Waals surface area contributed by atoms with Gasteiger partial charge in [-0.3, -0.25) is 0 Å². The number of ether oxygens (including phenoxy) is 1. The molecule has 0 amide bonds. The third kappa shape index (κ3) is 4.87. The van der Waals surface area contributed by atoms with Gasteiger partial charge < -0.3 is 15.0 Å². The molecule has 1 aliphatic heterocycles. The topological polar surface area (TPSA) is 24.5 Å². The number of anilines is 1. The van der Waals surface area contributed by atoms with Crippen molar-refractivity contribution in [2.24, 2.45) is 0 Å². The van der Waals surface area contributed by atoms with E-state index in [1.807, 2.05) is 0 Å². The van der Waals surface area contributed by atoms with E-state index in [0.717, 1.165) is 56.3 Å². The Kier molecular flexibility index (Phi) is 6.81. The van der Waals surface area contributed by atoms with Crippen LogP contribution in [0, 0.1) is 0 Å². The van der Waals surface area contributed by atoms with Gasteiger partial charge in [-0.1, -0.05) is 24.6 Å². The first kappa shape index (κ1) is 16.6. The summed E-state index contributed by atoms with van der Waals surface area (Å²) in [5.74, 6) is 0. The quantitative estimate of drug-likeness (QED) is 0.774. The van der Waals surface area contributed by atoms with Crippen LogP contribution in [0.1, 0.15) is 38.7 Å². The van der Waals surface area contributed by atoms with Gasteiger partial charge in [-0.2, -0.15) is 0 Å². The number of hydrogen-bond donors (Lipinski definition) is 1. The number of rotatable bonds is 7. The lowest BCUT2D eigenvalue weighted by molar-refractivity contribution is 0.0527. The zero-order chi connectivity index (χ0) is 15.1. The maximum absolute atomic E-state index is 6.49. The van der Waals surface area contributed by atoms with Crippen LogP contribution in [0.3, 0.4) is 0 Å². The highest BCUT2D eigenvalue weighted by Gasteiger charge is 2.21. The lowest BCUT2D eigenvalue weighted by Crippen LogP contribution is -2.39. The lowest BCUT2D eigenvalue weighted by Gasteiger charge is -2.34. The summed E-state index contributed by atoms with van der Waals surface area (Å²) >= 11 is 6.49. The molecule has 1 aromatic rings. The van der Waals surface area contributed by atoms with Gasteiger partial charge in [-0.05, 0) is 50.4 Å². The molecule has 1 saturated heterocycles. The van der Waals surface area contributed by atoms with Crippen molar-refractivity contribution in [2.45, 2.75) is 45.8 Å². The van der Waals surface area contributed by atoms with Crippen LogP contribution in [-0.2, 0) is 11.3 Å². The number of hydrogen-bond acceptors (Lipinski definition) is 3. The van der Waals surface area contributed by atoms with Gasteiger partial charge in [0, 0.05) is 26.2 Å². The molecule has 1 N–H and O–H groups in total. The van der Waals surface area contributed by atoms with Crippen molar-refractivity contribution in [3.63, 3.8) is 0 Å². The number of nitrogens with one attached hydrogen (secondary N) is 1. The van der Waals surface area contributed by atoms with E-state index < -0.39 is 0 Å². The van der Waals surface area contributed by atoms with Crippen LogP contribution >= 0.6 is 11.6 Å². The average Bonchev–Trinajstić information content (AvgIpc) is 2.48. The highest BCUT2D eigenvalue weighted by molar-refractivity contribution is 6.33. The Morgan fingerprint density at radius 1 is 1.38 bits per heavy atom. The van der Waals surface area contributed by atoms with E-state index in [9.17, 15) is 0 Å². The lowest BCUT2D eigenvalue weighted by atomic mass is 10.1. The van der Waals surface area contributed by atoms with Gasteiger partial charge >= 0.3 is 0 Å². The Bertz CT molecular complexity index is 437. The smallest absolute Gasteiger partial charge is 0.0750 e. The van der Waals surface area contributed by atoms with Crippen molar-refractivity contribution in [3.8, 4) is 0 Å². The van der Waals surface area contributed by atoms with E-state index in [1.165, 1.54) is 12.0 Å². The van der Waals surface area contributed by atoms with E-state index in [-0.39, 0.29) is 0 Å². The van der Waals surface area contributed by atoms with E-state index in [0.29, 0.717) is 6.10 Å². The summed E-state index contributed by atoms with van der Waals surface area (Å²) in [6, 6.07) is 6.41. The first-order valence-electron chi connectivity index (χ1n) is 8.10. The Morgan fingerprint density at radius 3 is 2.95 bits per heavy atom. The van der Waals surface area contributed by atoms with Gasteiger partial charge in [-0.15, -0.1) is 0 Å². The fourth-order valence-electron chi connectivity index (χ4n) is 2.86. The van der Waals surface area contributed by atoms with Crippen LogP contribution in [-0.4, -0.2) is 32.3 Å². The van der Waals surface area contributed by atoms with Crippen LogP contribution in [0.25, 0.3) is 0 Å². The molecule has 1 fully saturated rings. The molecule has 0 aliphatic carbocycles.